The van der Waals surface area contributed by atoms with Crippen LogP contribution in [0.3, 0.4) is 0 Å². The molecule has 1 atom stereocenters. The van der Waals surface area contributed by atoms with E-state index in [4.69, 9.17) is 0 Å². The van der Waals surface area contributed by atoms with Gasteiger partial charge in [-0.3, -0.25) is 4.79 Å². The first-order valence-electron chi connectivity index (χ1n) is 6.11. The molecule has 0 amide bonds. The predicted octanol–water partition coefficient (Wildman–Crippen LogP) is -0.191. The van der Waals surface area contributed by atoms with Crippen LogP contribution < -0.4 is 5.32 Å². The minimum absolute atomic E-state index is 0.178. The third kappa shape index (κ3) is 4.55. The highest BCUT2D eigenvalue weighted by Crippen LogP contribution is 2.13. The first-order chi connectivity index (χ1) is 8.34. The Balaban J connectivity index is 2.30. The molecule has 1 N–H and O–H groups in total. The van der Waals surface area contributed by atoms with Gasteiger partial charge in [-0.25, -0.2) is 12.7 Å². The van der Waals surface area contributed by atoms with E-state index in [0.29, 0.717) is 19.6 Å². The Morgan fingerprint density at radius 3 is 2.44 bits per heavy atom. The van der Waals surface area contributed by atoms with Gasteiger partial charge in [0.2, 0.25) is 10.0 Å². The van der Waals surface area contributed by atoms with Crippen molar-refractivity contribution >= 4 is 16.0 Å². The molecular formula is C11H22N2O4S. The third-order valence-corrected chi connectivity index (χ3v) is 4.54. The maximum Gasteiger partial charge on any atom is 0.309 e. The Labute approximate surface area is 109 Å². The fourth-order valence-electron chi connectivity index (χ4n) is 2.02. The molecule has 1 fully saturated rings. The van der Waals surface area contributed by atoms with E-state index in [9.17, 15) is 13.2 Å². The Hall–Kier alpha value is -0.660. The summed E-state index contributed by atoms with van der Waals surface area (Å²) >= 11 is 0. The Kier molecular flexibility index (Phi) is 5.55. The monoisotopic (exact) mass is 278 g/mol. The van der Waals surface area contributed by atoms with Gasteiger partial charge in [-0.1, -0.05) is 6.92 Å². The fraction of sp³-hybridized carbons (Fsp3) is 0.909. The summed E-state index contributed by atoms with van der Waals surface area (Å²) in [7, 11) is -1.69. The van der Waals surface area contributed by atoms with Crippen molar-refractivity contribution in [1.29, 1.82) is 0 Å². The Morgan fingerprint density at radius 2 is 2.00 bits per heavy atom. The van der Waals surface area contributed by atoms with Gasteiger partial charge in [-0.2, -0.15) is 0 Å². The minimum Gasteiger partial charge on any atom is -0.469 e. The zero-order valence-corrected chi connectivity index (χ0v) is 12.0. The van der Waals surface area contributed by atoms with Crippen LogP contribution in [0.4, 0.5) is 0 Å². The first-order valence-corrected chi connectivity index (χ1v) is 7.95. The molecule has 0 saturated carbocycles. The lowest BCUT2D eigenvalue weighted by Crippen LogP contribution is -2.45. The van der Waals surface area contributed by atoms with Crippen LogP contribution in [0, 0.1) is 5.92 Å². The molecule has 18 heavy (non-hydrogen) atoms. The molecule has 0 aromatic rings. The van der Waals surface area contributed by atoms with Crippen molar-refractivity contribution in [2.45, 2.75) is 25.8 Å². The smallest absolute Gasteiger partial charge is 0.309 e. The van der Waals surface area contributed by atoms with Crippen LogP contribution in [0.25, 0.3) is 0 Å². The van der Waals surface area contributed by atoms with E-state index in [0.717, 1.165) is 12.8 Å². The summed E-state index contributed by atoms with van der Waals surface area (Å²) in [6.07, 6.45) is 2.79. The van der Waals surface area contributed by atoms with Gasteiger partial charge < -0.3 is 10.1 Å². The molecule has 0 aliphatic carbocycles. The molecule has 0 radical (unpaired) electrons. The molecule has 1 aliphatic rings. The van der Waals surface area contributed by atoms with E-state index in [1.54, 1.807) is 0 Å². The summed E-state index contributed by atoms with van der Waals surface area (Å²) in [6.45, 7) is 3.47. The highest BCUT2D eigenvalue weighted by molar-refractivity contribution is 7.88. The van der Waals surface area contributed by atoms with Crippen molar-refractivity contribution in [2.75, 3.05) is 33.0 Å². The number of carbonyl (C=O) groups is 1. The normalized spacial score (nSPS) is 20.6. The van der Waals surface area contributed by atoms with Crippen molar-refractivity contribution in [3.8, 4) is 0 Å². The van der Waals surface area contributed by atoms with Gasteiger partial charge >= 0.3 is 5.97 Å². The summed E-state index contributed by atoms with van der Waals surface area (Å²) < 4.78 is 28.8. The van der Waals surface area contributed by atoms with E-state index in [-0.39, 0.29) is 17.9 Å². The molecule has 6 nitrogen and oxygen atoms in total. The number of esters is 1. The first kappa shape index (κ1) is 15.4. The number of carbonyl (C=O) groups excluding carboxylic acids is 1. The van der Waals surface area contributed by atoms with Gasteiger partial charge in [-0.05, 0) is 12.8 Å². The van der Waals surface area contributed by atoms with E-state index in [1.807, 2.05) is 6.92 Å². The number of ether oxygens (including phenoxy) is 1. The van der Waals surface area contributed by atoms with Gasteiger partial charge in [0.05, 0.1) is 19.3 Å². The summed E-state index contributed by atoms with van der Waals surface area (Å²) in [4.78, 5) is 11.2. The van der Waals surface area contributed by atoms with E-state index < -0.39 is 10.0 Å². The van der Waals surface area contributed by atoms with Crippen LogP contribution in [-0.2, 0) is 19.6 Å². The molecule has 1 unspecified atom stereocenters. The summed E-state index contributed by atoms with van der Waals surface area (Å²) in [5.74, 6) is -0.404. The summed E-state index contributed by atoms with van der Waals surface area (Å²) in [5.41, 5.74) is 0. The van der Waals surface area contributed by atoms with Crippen LogP contribution in [0.15, 0.2) is 0 Å². The topological polar surface area (TPSA) is 75.7 Å². The predicted molar refractivity (Wildman–Crippen MR) is 68.6 cm³/mol. The SMILES string of the molecule is COC(=O)C(C)CNC1CCN(S(C)(=O)=O)CC1. The van der Waals surface area contributed by atoms with Gasteiger partial charge in [0.25, 0.3) is 0 Å². The Bertz CT molecular complexity index is 375. The van der Waals surface area contributed by atoms with Gasteiger partial charge in [0, 0.05) is 25.7 Å². The molecule has 0 aromatic heterocycles. The van der Waals surface area contributed by atoms with Crippen LogP contribution in [0.2, 0.25) is 0 Å². The molecular weight excluding hydrogens is 256 g/mol. The molecule has 1 aliphatic heterocycles. The standard InChI is InChI=1S/C11H22N2O4S/c1-9(11(14)17-2)8-12-10-4-6-13(7-5-10)18(3,15)16/h9-10,12H,4-8H2,1-3H3. The van der Waals surface area contributed by atoms with Gasteiger partial charge in [0.15, 0.2) is 0 Å². The summed E-state index contributed by atoms with van der Waals surface area (Å²) in [6, 6.07) is 0.273. The highest BCUT2D eigenvalue weighted by atomic mass is 32.2. The van der Waals surface area contributed by atoms with Crippen molar-refractivity contribution in [1.82, 2.24) is 9.62 Å². The number of hydrogen-bond donors (Lipinski definition) is 1. The molecule has 1 rings (SSSR count). The second kappa shape index (κ2) is 6.49. The molecule has 0 aromatic carbocycles. The zero-order chi connectivity index (χ0) is 13.8. The van der Waals surface area contributed by atoms with E-state index in [2.05, 4.69) is 10.1 Å². The minimum atomic E-state index is -3.07. The lowest BCUT2D eigenvalue weighted by Gasteiger charge is -2.31. The number of nitrogens with zero attached hydrogens (tertiary/aromatic N) is 1. The quantitative estimate of drug-likeness (QED) is 0.705. The zero-order valence-electron chi connectivity index (χ0n) is 11.2. The van der Waals surface area contributed by atoms with Crippen molar-refractivity contribution in [2.24, 2.45) is 5.92 Å². The molecule has 0 bridgehead atoms. The van der Waals surface area contributed by atoms with Crippen LogP contribution >= 0.6 is 0 Å². The number of rotatable bonds is 5. The van der Waals surface area contributed by atoms with Crippen LogP contribution in [-0.4, -0.2) is 57.7 Å². The van der Waals surface area contributed by atoms with Crippen molar-refractivity contribution in [3.63, 3.8) is 0 Å². The number of hydrogen-bond acceptors (Lipinski definition) is 5. The number of methoxy groups -OCH3 is 1. The fourth-order valence-corrected chi connectivity index (χ4v) is 2.89. The number of nitrogens with one attached hydrogen (secondary N) is 1. The van der Waals surface area contributed by atoms with Crippen molar-refractivity contribution in [3.05, 3.63) is 0 Å². The maximum atomic E-state index is 11.3. The highest BCUT2D eigenvalue weighted by Gasteiger charge is 2.25. The summed E-state index contributed by atoms with van der Waals surface area (Å²) in [5, 5.41) is 3.29. The van der Waals surface area contributed by atoms with E-state index in [1.165, 1.54) is 17.7 Å². The molecule has 1 saturated heterocycles. The lowest BCUT2D eigenvalue weighted by molar-refractivity contribution is -0.144. The van der Waals surface area contributed by atoms with E-state index >= 15 is 0 Å². The molecule has 1 heterocycles. The average molecular weight is 278 g/mol. The Morgan fingerprint density at radius 1 is 1.44 bits per heavy atom. The number of piperidine rings is 1. The molecule has 0 spiro atoms. The lowest BCUT2D eigenvalue weighted by atomic mass is 10.1. The second-order valence-electron chi connectivity index (χ2n) is 4.77. The molecule has 106 valence electrons. The van der Waals surface area contributed by atoms with Gasteiger partial charge in [0.1, 0.15) is 0 Å². The molecule has 7 heteroatoms. The number of sulfonamides is 1. The second-order valence-corrected chi connectivity index (χ2v) is 6.75. The third-order valence-electron chi connectivity index (χ3n) is 3.24. The largest absolute Gasteiger partial charge is 0.469 e. The average Bonchev–Trinajstić information content (AvgIpc) is 2.34. The van der Waals surface area contributed by atoms with Crippen LogP contribution in [0.1, 0.15) is 19.8 Å². The van der Waals surface area contributed by atoms with Crippen molar-refractivity contribution < 1.29 is 17.9 Å². The maximum absolute atomic E-state index is 11.3. The van der Waals surface area contributed by atoms with Crippen LogP contribution in [0.5, 0.6) is 0 Å². The van der Waals surface area contributed by atoms with Gasteiger partial charge in [-0.15, -0.1) is 0 Å².